The zero-order valence-corrected chi connectivity index (χ0v) is 22.2. The molecule has 2 aliphatic heterocycles. The first-order valence-corrected chi connectivity index (χ1v) is 13.7. The Bertz CT molecular complexity index is 1250. The van der Waals surface area contributed by atoms with Gasteiger partial charge in [-0.2, -0.15) is 0 Å². The van der Waals surface area contributed by atoms with Gasteiger partial charge in [-0.25, -0.2) is 13.8 Å². The lowest BCUT2D eigenvalue weighted by Crippen LogP contribution is -2.47. The van der Waals surface area contributed by atoms with E-state index < -0.39 is 23.8 Å². The van der Waals surface area contributed by atoms with Gasteiger partial charge in [-0.15, -0.1) is 0 Å². The number of hydrogen-bond donors (Lipinski definition) is 2. The maximum Gasteiger partial charge on any atom is 0.251 e. The van der Waals surface area contributed by atoms with E-state index in [1.165, 1.54) is 6.92 Å². The molecule has 0 spiro atoms. The second-order valence-electron chi connectivity index (χ2n) is 10.6. The molecule has 1 amide bonds. The Hall–Kier alpha value is -3.14. The molecular weight excluding hydrogens is 502 g/mol. The third-order valence-corrected chi connectivity index (χ3v) is 7.78. The van der Waals surface area contributed by atoms with E-state index in [-0.39, 0.29) is 23.3 Å². The lowest BCUT2D eigenvalue weighted by molar-refractivity contribution is -0.145. The van der Waals surface area contributed by atoms with Crippen molar-refractivity contribution in [2.24, 2.45) is 11.8 Å². The van der Waals surface area contributed by atoms with Crippen LogP contribution in [0.2, 0.25) is 0 Å². The van der Waals surface area contributed by atoms with Crippen molar-refractivity contribution in [1.29, 1.82) is 0 Å². The number of aliphatic hydroxyl groups excluding tert-OH is 1. The number of aromatic nitrogens is 2. The third-order valence-electron chi connectivity index (χ3n) is 7.78. The second-order valence-corrected chi connectivity index (χ2v) is 10.6. The molecule has 0 radical (unpaired) electrons. The summed E-state index contributed by atoms with van der Waals surface area (Å²) < 4.78 is 36.7. The van der Waals surface area contributed by atoms with Crippen molar-refractivity contribution in [2.75, 3.05) is 32.8 Å². The zero-order chi connectivity index (χ0) is 27.4. The molecule has 3 atom stereocenters. The summed E-state index contributed by atoms with van der Waals surface area (Å²) in [5.41, 5.74) is 1.39. The first-order valence-electron chi connectivity index (χ1n) is 13.7. The normalized spacial score (nSPS) is 19.6. The van der Waals surface area contributed by atoms with Crippen LogP contribution in [0.4, 0.5) is 8.78 Å². The number of nitrogens with one attached hydrogen (secondary N) is 1. The van der Waals surface area contributed by atoms with E-state index in [0.717, 1.165) is 56.1 Å². The predicted molar refractivity (Wildman–Crippen MR) is 144 cm³/mol. The number of imidazole rings is 1. The van der Waals surface area contributed by atoms with Crippen LogP contribution in [0, 0.1) is 23.5 Å². The standard InChI is InChI=1S/C30H36F2N4O3/c1-20(37)30(38)36(18-22-9-12-33-16-22)28(23-10-13-39-14-11-23)29-34-27(25-15-24(31)7-8-26(25)32)19-35(29)17-21-5-3-2-4-6-21/h2-8,15,19-20,22-23,28,33,37H,9-14,16-18H2,1H3/t20-,22?,28?/m0/s1. The van der Waals surface area contributed by atoms with E-state index in [2.05, 4.69) is 5.32 Å². The zero-order valence-electron chi connectivity index (χ0n) is 22.2. The van der Waals surface area contributed by atoms with Crippen LogP contribution in [0.15, 0.2) is 54.7 Å². The first kappa shape index (κ1) is 27.4. The topological polar surface area (TPSA) is 79.6 Å². The van der Waals surface area contributed by atoms with E-state index >= 15 is 0 Å². The van der Waals surface area contributed by atoms with Crippen molar-refractivity contribution < 1.29 is 23.4 Å². The molecule has 2 fully saturated rings. The molecule has 0 aliphatic carbocycles. The molecular formula is C30H36F2N4O3. The summed E-state index contributed by atoms with van der Waals surface area (Å²) >= 11 is 0. The molecule has 39 heavy (non-hydrogen) atoms. The van der Waals surface area contributed by atoms with Gasteiger partial charge in [-0.3, -0.25) is 4.79 Å². The highest BCUT2D eigenvalue weighted by atomic mass is 19.1. The van der Waals surface area contributed by atoms with Gasteiger partial charge in [0.15, 0.2) is 0 Å². The van der Waals surface area contributed by atoms with Crippen molar-refractivity contribution in [3.63, 3.8) is 0 Å². The van der Waals surface area contributed by atoms with Crippen LogP contribution in [0.5, 0.6) is 0 Å². The number of halogens is 2. The molecule has 208 valence electrons. The molecule has 0 saturated carbocycles. The van der Waals surface area contributed by atoms with Crippen molar-refractivity contribution in [3.8, 4) is 11.3 Å². The Morgan fingerprint density at radius 1 is 1.18 bits per heavy atom. The quantitative estimate of drug-likeness (QED) is 0.428. The summed E-state index contributed by atoms with van der Waals surface area (Å²) in [5.74, 6) is -0.601. The minimum absolute atomic E-state index is 0.0259. The van der Waals surface area contributed by atoms with Crippen LogP contribution in [-0.2, 0) is 16.1 Å². The first-order chi connectivity index (χ1) is 18.9. The average Bonchev–Trinajstić information content (AvgIpc) is 3.61. The highest BCUT2D eigenvalue weighted by Crippen LogP contribution is 2.38. The van der Waals surface area contributed by atoms with Crippen LogP contribution < -0.4 is 5.32 Å². The summed E-state index contributed by atoms with van der Waals surface area (Å²) in [5, 5.41) is 13.8. The highest BCUT2D eigenvalue weighted by Gasteiger charge is 2.39. The Balaban J connectivity index is 1.65. The number of benzene rings is 2. The number of carbonyl (C=O) groups excluding carboxylic acids is 1. The number of nitrogens with zero attached hydrogens (tertiary/aromatic N) is 3. The van der Waals surface area contributed by atoms with Gasteiger partial charge < -0.3 is 24.6 Å². The number of hydrogen-bond acceptors (Lipinski definition) is 5. The lowest BCUT2D eigenvalue weighted by Gasteiger charge is -2.40. The highest BCUT2D eigenvalue weighted by molar-refractivity contribution is 5.80. The Kier molecular flexibility index (Phi) is 8.69. The van der Waals surface area contributed by atoms with Gasteiger partial charge in [0.1, 0.15) is 23.6 Å². The maximum absolute atomic E-state index is 14.9. The Morgan fingerprint density at radius 3 is 2.64 bits per heavy atom. The SMILES string of the molecule is C[C@H](O)C(=O)N(CC1CCNC1)C(c1nc(-c2cc(F)ccc2F)cn1Cc1ccccc1)C1CCOCC1. The number of ether oxygens (including phenoxy) is 1. The van der Waals surface area contributed by atoms with Crippen LogP contribution in [0.3, 0.4) is 0 Å². The van der Waals surface area contributed by atoms with Gasteiger partial charge in [-0.05, 0) is 74.9 Å². The summed E-state index contributed by atoms with van der Waals surface area (Å²) in [4.78, 5) is 20.3. The minimum atomic E-state index is -1.18. The summed E-state index contributed by atoms with van der Waals surface area (Å²) in [6.07, 6.45) is 2.94. The molecule has 2 N–H and O–H groups in total. The maximum atomic E-state index is 14.9. The van der Waals surface area contributed by atoms with Crippen LogP contribution in [-0.4, -0.2) is 64.4 Å². The van der Waals surface area contributed by atoms with Gasteiger partial charge in [0.25, 0.3) is 5.91 Å². The number of carbonyl (C=O) groups is 1. The van der Waals surface area contributed by atoms with Crippen molar-refractivity contribution in [2.45, 2.75) is 44.9 Å². The van der Waals surface area contributed by atoms with E-state index in [1.54, 1.807) is 11.1 Å². The second kappa shape index (κ2) is 12.4. The molecule has 2 aromatic carbocycles. The summed E-state index contributed by atoms with van der Waals surface area (Å²) in [6.45, 7) is 5.22. The third kappa shape index (κ3) is 6.37. The largest absolute Gasteiger partial charge is 0.384 e. The summed E-state index contributed by atoms with van der Waals surface area (Å²) in [6, 6.07) is 12.7. The fraction of sp³-hybridized carbons (Fsp3) is 0.467. The van der Waals surface area contributed by atoms with Crippen LogP contribution in [0.1, 0.15) is 43.6 Å². The van der Waals surface area contributed by atoms with Gasteiger partial charge in [0, 0.05) is 38.1 Å². The molecule has 9 heteroatoms. The summed E-state index contributed by atoms with van der Waals surface area (Å²) in [7, 11) is 0. The van der Waals surface area contributed by atoms with Gasteiger partial charge in [0.2, 0.25) is 0 Å². The molecule has 3 aromatic rings. The van der Waals surface area contributed by atoms with Crippen molar-refractivity contribution in [3.05, 3.63) is 77.8 Å². The molecule has 2 saturated heterocycles. The molecule has 5 rings (SSSR count). The fourth-order valence-corrected chi connectivity index (χ4v) is 5.76. The monoisotopic (exact) mass is 538 g/mol. The van der Waals surface area contributed by atoms with Crippen molar-refractivity contribution >= 4 is 5.91 Å². The van der Waals surface area contributed by atoms with E-state index in [9.17, 15) is 18.7 Å². The van der Waals surface area contributed by atoms with E-state index in [1.807, 2.05) is 34.9 Å². The molecule has 3 heterocycles. The molecule has 1 aromatic heterocycles. The van der Waals surface area contributed by atoms with E-state index in [4.69, 9.17) is 9.72 Å². The van der Waals surface area contributed by atoms with Gasteiger partial charge in [-0.1, -0.05) is 30.3 Å². The molecule has 7 nitrogen and oxygen atoms in total. The number of aliphatic hydroxyl groups is 1. The fourth-order valence-electron chi connectivity index (χ4n) is 5.76. The number of rotatable bonds is 9. The van der Waals surface area contributed by atoms with E-state index in [0.29, 0.717) is 37.8 Å². The number of amides is 1. The van der Waals surface area contributed by atoms with Crippen LogP contribution in [0.25, 0.3) is 11.3 Å². The minimum Gasteiger partial charge on any atom is -0.384 e. The predicted octanol–water partition coefficient (Wildman–Crippen LogP) is 4.16. The Morgan fingerprint density at radius 2 is 1.95 bits per heavy atom. The Labute approximate surface area is 227 Å². The average molecular weight is 539 g/mol. The molecule has 0 bridgehead atoms. The van der Waals surface area contributed by atoms with Gasteiger partial charge >= 0.3 is 0 Å². The van der Waals surface area contributed by atoms with Crippen molar-refractivity contribution in [1.82, 2.24) is 19.8 Å². The molecule has 2 unspecified atom stereocenters. The lowest BCUT2D eigenvalue weighted by atomic mass is 9.88. The smallest absolute Gasteiger partial charge is 0.251 e. The van der Waals surface area contributed by atoms with Gasteiger partial charge in [0.05, 0.1) is 11.7 Å². The van der Waals surface area contributed by atoms with Crippen LogP contribution >= 0.6 is 0 Å². The molecule has 2 aliphatic rings.